The third-order valence-electron chi connectivity index (χ3n) is 2.06. The van der Waals surface area contributed by atoms with Crippen LogP contribution in [0.25, 0.3) is 0 Å². The van der Waals surface area contributed by atoms with Gasteiger partial charge in [0, 0.05) is 6.04 Å². The smallest absolute Gasteiger partial charge is 0.165 e. The van der Waals surface area contributed by atoms with Crippen LogP contribution in [0.3, 0.4) is 0 Å². The van der Waals surface area contributed by atoms with Crippen molar-refractivity contribution in [3.05, 3.63) is 29.6 Å². The monoisotopic (exact) mass is 221 g/mol. The fraction of sp³-hybridized carbons (Fsp3) is 0.385. The number of benzene rings is 1. The molecule has 1 atom stereocenters. The summed E-state index contributed by atoms with van der Waals surface area (Å²) in [6.07, 6.45) is 0.590. The molecule has 0 saturated heterocycles. The zero-order valence-corrected chi connectivity index (χ0v) is 9.59. The third kappa shape index (κ3) is 3.56. The fourth-order valence-electron chi connectivity index (χ4n) is 1.40. The van der Waals surface area contributed by atoms with E-state index in [4.69, 9.17) is 10.5 Å². The number of hydrogen-bond acceptors (Lipinski definition) is 2. The van der Waals surface area contributed by atoms with Crippen molar-refractivity contribution in [2.45, 2.75) is 26.3 Å². The molecule has 0 aliphatic carbocycles. The van der Waals surface area contributed by atoms with E-state index in [2.05, 4.69) is 11.8 Å². The molecular weight excluding hydrogens is 205 g/mol. The lowest BCUT2D eigenvalue weighted by atomic mass is 10.1. The molecule has 0 saturated carbocycles. The molecule has 0 aliphatic rings. The van der Waals surface area contributed by atoms with Gasteiger partial charge < -0.3 is 10.5 Å². The zero-order chi connectivity index (χ0) is 12.0. The summed E-state index contributed by atoms with van der Waals surface area (Å²) < 4.78 is 18.8. The lowest BCUT2D eigenvalue weighted by Gasteiger charge is -2.12. The lowest BCUT2D eigenvalue weighted by molar-refractivity contribution is 0.343. The van der Waals surface area contributed by atoms with Gasteiger partial charge in [0.2, 0.25) is 0 Å². The summed E-state index contributed by atoms with van der Waals surface area (Å²) in [4.78, 5) is 0. The van der Waals surface area contributed by atoms with Gasteiger partial charge in [-0.15, -0.1) is 5.92 Å². The van der Waals surface area contributed by atoms with E-state index in [0.29, 0.717) is 6.42 Å². The van der Waals surface area contributed by atoms with Crippen LogP contribution in [0.1, 0.15) is 19.4 Å². The van der Waals surface area contributed by atoms with E-state index in [1.54, 1.807) is 13.0 Å². The summed E-state index contributed by atoms with van der Waals surface area (Å²) in [7, 11) is 0. The van der Waals surface area contributed by atoms with Crippen LogP contribution in [-0.2, 0) is 6.42 Å². The van der Waals surface area contributed by atoms with Crippen molar-refractivity contribution < 1.29 is 9.13 Å². The van der Waals surface area contributed by atoms with Crippen molar-refractivity contribution in [1.29, 1.82) is 0 Å². The summed E-state index contributed by atoms with van der Waals surface area (Å²) in [5.74, 6) is 5.33. The Hall–Kier alpha value is -1.53. The molecule has 1 unspecified atom stereocenters. The largest absolute Gasteiger partial charge is 0.478 e. The maximum absolute atomic E-state index is 13.5. The van der Waals surface area contributed by atoms with E-state index >= 15 is 0 Å². The van der Waals surface area contributed by atoms with Crippen LogP contribution in [0, 0.1) is 17.7 Å². The minimum Gasteiger partial charge on any atom is -0.478 e. The van der Waals surface area contributed by atoms with E-state index in [0.717, 1.165) is 5.56 Å². The van der Waals surface area contributed by atoms with E-state index in [-0.39, 0.29) is 24.2 Å². The van der Waals surface area contributed by atoms with Gasteiger partial charge in [-0.05, 0) is 31.9 Å². The lowest BCUT2D eigenvalue weighted by Crippen LogP contribution is -2.18. The molecule has 2 nitrogen and oxygen atoms in total. The van der Waals surface area contributed by atoms with Crippen LogP contribution in [0.4, 0.5) is 4.39 Å². The van der Waals surface area contributed by atoms with Gasteiger partial charge in [-0.1, -0.05) is 18.1 Å². The van der Waals surface area contributed by atoms with Gasteiger partial charge in [-0.25, -0.2) is 4.39 Å². The number of ether oxygens (including phenoxy) is 1. The normalized spacial score (nSPS) is 11.5. The molecule has 86 valence electrons. The number of para-hydroxylation sites is 1. The van der Waals surface area contributed by atoms with Crippen LogP contribution in [-0.4, -0.2) is 12.6 Å². The Morgan fingerprint density at radius 2 is 2.25 bits per heavy atom. The predicted octanol–water partition coefficient (Wildman–Crippen LogP) is 2.12. The first-order valence-corrected chi connectivity index (χ1v) is 5.20. The van der Waals surface area contributed by atoms with Gasteiger partial charge in [-0.2, -0.15) is 0 Å². The average molecular weight is 221 g/mol. The third-order valence-corrected chi connectivity index (χ3v) is 2.06. The topological polar surface area (TPSA) is 35.2 Å². The Bertz CT molecular complexity index is 404. The van der Waals surface area contributed by atoms with Gasteiger partial charge in [0.15, 0.2) is 11.6 Å². The highest BCUT2D eigenvalue weighted by Gasteiger charge is 2.10. The van der Waals surface area contributed by atoms with E-state index < -0.39 is 0 Å². The molecule has 0 amide bonds. The second-order valence-corrected chi connectivity index (χ2v) is 3.62. The van der Waals surface area contributed by atoms with Crippen LogP contribution < -0.4 is 10.5 Å². The first-order chi connectivity index (χ1) is 7.65. The molecular formula is C13H16FNO. The molecule has 0 aromatic heterocycles. The predicted molar refractivity (Wildman–Crippen MR) is 62.7 cm³/mol. The van der Waals surface area contributed by atoms with E-state index in [9.17, 15) is 4.39 Å². The standard InChI is InChI=1S/C13H16FNO/c1-3-4-8-16-13-11(9-10(2)15)6-5-7-12(13)14/h5-7,10H,8-9,15H2,1-2H3. The molecule has 0 bridgehead atoms. The zero-order valence-electron chi connectivity index (χ0n) is 9.59. The molecule has 0 spiro atoms. The minimum atomic E-state index is -0.365. The molecule has 1 aromatic carbocycles. The van der Waals surface area contributed by atoms with Gasteiger partial charge in [0.25, 0.3) is 0 Å². The van der Waals surface area contributed by atoms with Gasteiger partial charge in [0.1, 0.15) is 6.61 Å². The molecule has 0 radical (unpaired) electrons. The second kappa shape index (κ2) is 6.14. The highest BCUT2D eigenvalue weighted by molar-refractivity contribution is 5.35. The van der Waals surface area contributed by atoms with Crippen molar-refractivity contribution in [3.63, 3.8) is 0 Å². The van der Waals surface area contributed by atoms with Crippen LogP contribution in [0.2, 0.25) is 0 Å². The van der Waals surface area contributed by atoms with E-state index in [1.165, 1.54) is 6.07 Å². The minimum absolute atomic E-state index is 0.0265. The van der Waals surface area contributed by atoms with Crippen molar-refractivity contribution in [3.8, 4) is 17.6 Å². The Balaban J connectivity index is 2.88. The van der Waals surface area contributed by atoms with Gasteiger partial charge in [0.05, 0.1) is 0 Å². The molecule has 0 aliphatic heterocycles. The van der Waals surface area contributed by atoms with E-state index in [1.807, 2.05) is 13.0 Å². The number of nitrogens with two attached hydrogens (primary N) is 1. The van der Waals surface area contributed by atoms with Crippen LogP contribution >= 0.6 is 0 Å². The molecule has 2 N–H and O–H groups in total. The Morgan fingerprint density at radius 3 is 2.88 bits per heavy atom. The van der Waals surface area contributed by atoms with Crippen LogP contribution in [0.15, 0.2) is 18.2 Å². The summed E-state index contributed by atoms with van der Waals surface area (Å²) >= 11 is 0. The first kappa shape index (κ1) is 12.5. The quantitative estimate of drug-likeness (QED) is 0.790. The number of rotatable bonds is 4. The van der Waals surface area contributed by atoms with Gasteiger partial charge >= 0.3 is 0 Å². The SMILES string of the molecule is CC#CCOc1c(F)cccc1CC(C)N. The molecule has 0 fully saturated rings. The van der Waals surface area contributed by atoms with Crippen LogP contribution in [0.5, 0.6) is 5.75 Å². The molecule has 0 heterocycles. The number of halogens is 1. The van der Waals surface area contributed by atoms with Crippen molar-refractivity contribution in [1.82, 2.24) is 0 Å². The summed E-state index contributed by atoms with van der Waals surface area (Å²) in [5.41, 5.74) is 6.48. The number of hydrogen-bond donors (Lipinski definition) is 1. The molecule has 3 heteroatoms. The maximum atomic E-state index is 13.5. The summed E-state index contributed by atoms with van der Waals surface area (Å²) in [5, 5.41) is 0. The molecule has 1 aromatic rings. The maximum Gasteiger partial charge on any atom is 0.165 e. The summed E-state index contributed by atoms with van der Waals surface area (Å²) in [6.45, 7) is 3.79. The second-order valence-electron chi connectivity index (χ2n) is 3.62. The van der Waals surface area contributed by atoms with Crippen molar-refractivity contribution >= 4 is 0 Å². The van der Waals surface area contributed by atoms with Crippen molar-refractivity contribution in [2.24, 2.45) is 5.73 Å². The fourth-order valence-corrected chi connectivity index (χ4v) is 1.40. The Morgan fingerprint density at radius 1 is 1.50 bits per heavy atom. The average Bonchev–Trinajstić information content (AvgIpc) is 2.21. The Kier molecular flexibility index (Phi) is 4.81. The molecule has 16 heavy (non-hydrogen) atoms. The molecule has 1 rings (SSSR count). The highest BCUT2D eigenvalue weighted by atomic mass is 19.1. The summed E-state index contributed by atoms with van der Waals surface area (Å²) in [6, 6.07) is 4.83. The van der Waals surface area contributed by atoms with Gasteiger partial charge in [-0.3, -0.25) is 0 Å². The highest BCUT2D eigenvalue weighted by Crippen LogP contribution is 2.23. The first-order valence-electron chi connectivity index (χ1n) is 5.20. The Labute approximate surface area is 95.6 Å². The van der Waals surface area contributed by atoms with Crippen molar-refractivity contribution in [2.75, 3.05) is 6.61 Å².